The van der Waals surface area contributed by atoms with Gasteiger partial charge in [-0.25, -0.2) is 4.98 Å². The van der Waals surface area contributed by atoms with Crippen LogP contribution in [-0.4, -0.2) is 10.9 Å². The van der Waals surface area contributed by atoms with Crippen molar-refractivity contribution in [2.24, 2.45) is 5.73 Å². The summed E-state index contributed by atoms with van der Waals surface area (Å²) in [5.74, 6) is -0.690. The van der Waals surface area contributed by atoms with Gasteiger partial charge in [0.15, 0.2) is 0 Å². The minimum absolute atomic E-state index is 0.0594. The highest BCUT2D eigenvalue weighted by molar-refractivity contribution is 6.31. The molecule has 0 radical (unpaired) electrons. The molecule has 150 valence electrons. The number of carbonyl (C=O) groups is 1. The van der Waals surface area contributed by atoms with E-state index in [1.165, 1.54) is 4.90 Å². The monoisotopic (exact) mass is 436 g/mol. The molecular weight excluding hydrogens is 419 g/mol. The van der Waals surface area contributed by atoms with Crippen LogP contribution in [0.25, 0.3) is 10.9 Å². The molecule has 5 nitrogen and oxygen atoms in total. The van der Waals surface area contributed by atoms with E-state index in [2.05, 4.69) is 11.1 Å². The van der Waals surface area contributed by atoms with Crippen molar-refractivity contribution in [3.63, 3.8) is 0 Å². The second-order valence-corrected chi connectivity index (χ2v) is 8.19. The molecule has 30 heavy (non-hydrogen) atoms. The Morgan fingerprint density at radius 2 is 1.87 bits per heavy atom. The molecule has 2 heterocycles. The molecule has 2 aromatic carbocycles. The summed E-state index contributed by atoms with van der Waals surface area (Å²) >= 11 is 12.5. The van der Waals surface area contributed by atoms with Gasteiger partial charge in [0.1, 0.15) is 11.0 Å². The average molecular weight is 437 g/mol. The molecule has 1 atom stereocenters. The molecule has 1 amide bonds. The van der Waals surface area contributed by atoms with Crippen LogP contribution in [0.15, 0.2) is 53.9 Å². The van der Waals surface area contributed by atoms with Crippen molar-refractivity contribution in [1.29, 1.82) is 5.26 Å². The van der Waals surface area contributed by atoms with Gasteiger partial charge >= 0.3 is 0 Å². The molecule has 0 fully saturated rings. The number of anilines is 1. The first-order valence-electron chi connectivity index (χ1n) is 9.35. The third-order valence-corrected chi connectivity index (χ3v) is 5.86. The molecular formula is C23H18Cl2N4O. The molecule has 4 rings (SSSR count). The second kappa shape index (κ2) is 7.64. The van der Waals surface area contributed by atoms with E-state index in [-0.39, 0.29) is 28.9 Å². The van der Waals surface area contributed by atoms with E-state index in [1.807, 2.05) is 32.0 Å². The van der Waals surface area contributed by atoms with E-state index in [0.717, 1.165) is 22.0 Å². The summed E-state index contributed by atoms with van der Waals surface area (Å²) in [6.45, 7) is 3.98. The molecule has 7 heteroatoms. The average Bonchev–Trinajstić information content (AvgIpc) is 2.69. The molecule has 0 bridgehead atoms. The number of benzene rings is 2. The van der Waals surface area contributed by atoms with Crippen LogP contribution < -0.4 is 10.6 Å². The van der Waals surface area contributed by atoms with Crippen molar-refractivity contribution in [1.82, 2.24) is 4.98 Å². The Bertz CT molecular complexity index is 1260. The number of aromatic nitrogens is 1. The lowest BCUT2D eigenvalue weighted by molar-refractivity contribution is -0.118. The Balaban J connectivity index is 1.86. The number of pyridine rings is 1. The van der Waals surface area contributed by atoms with E-state index < -0.39 is 5.92 Å². The summed E-state index contributed by atoms with van der Waals surface area (Å²) in [5, 5.41) is 11.6. The van der Waals surface area contributed by atoms with Gasteiger partial charge in [-0.1, -0.05) is 34.8 Å². The first-order valence-corrected chi connectivity index (χ1v) is 10.1. The topological polar surface area (TPSA) is 83.0 Å². The maximum absolute atomic E-state index is 13.0. The number of nitrogens with zero attached hydrogens (tertiary/aromatic N) is 3. The summed E-state index contributed by atoms with van der Waals surface area (Å²) < 4.78 is 0. The molecule has 1 aliphatic heterocycles. The number of rotatable bonds is 2. The van der Waals surface area contributed by atoms with Gasteiger partial charge in [0.2, 0.25) is 5.91 Å². The molecule has 0 saturated heterocycles. The van der Waals surface area contributed by atoms with Gasteiger partial charge in [-0.3, -0.25) is 9.69 Å². The zero-order valence-corrected chi connectivity index (χ0v) is 17.9. The summed E-state index contributed by atoms with van der Waals surface area (Å²) in [6.07, 6.45) is 0.0594. The quantitative estimate of drug-likeness (QED) is 0.547. The maximum Gasteiger partial charge on any atom is 0.233 e. The Hall–Kier alpha value is -3.07. The van der Waals surface area contributed by atoms with Crippen LogP contribution in [0, 0.1) is 25.2 Å². The standard InChI is InChI=1S/C23H18Cl2N4O/c1-12-7-13(2)21-14(8-12)9-18(22(25)28-21)17-10-20(30)29(23(27)19(17)11-26)16-5-3-15(24)4-6-16/h3-9,17H,10,27H2,1-2H3. The van der Waals surface area contributed by atoms with E-state index in [4.69, 9.17) is 28.9 Å². The number of amides is 1. The Morgan fingerprint density at radius 3 is 2.53 bits per heavy atom. The number of carbonyl (C=O) groups excluding carboxylic acids is 1. The number of aryl methyl sites for hydroxylation is 2. The molecule has 1 aliphatic rings. The van der Waals surface area contributed by atoms with Gasteiger partial charge < -0.3 is 5.73 Å². The highest BCUT2D eigenvalue weighted by atomic mass is 35.5. The summed E-state index contributed by atoms with van der Waals surface area (Å²) in [5.41, 5.74) is 10.7. The maximum atomic E-state index is 13.0. The zero-order chi connectivity index (χ0) is 21.6. The van der Waals surface area contributed by atoms with Crippen molar-refractivity contribution < 1.29 is 4.79 Å². The van der Waals surface area contributed by atoms with Gasteiger partial charge in [0, 0.05) is 22.7 Å². The van der Waals surface area contributed by atoms with E-state index in [9.17, 15) is 10.1 Å². The first-order chi connectivity index (χ1) is 14.3. The third-order valence-electron chi connectivity index (χ3n) is 5.31. The SMILES string of the molecule is Cc1cc(C)c2nc(Cl)c(C3CC(=O)N(c4ccc(Cl)cc4)C(N)=C3C#N)cc2c1. The molecule has 0 saturated carbocycles. The van der Waals surface area contributed by atoms with E-state index in [1.54, 1.807) is 24.3 Å². The first kappa shape index (κ1) is 20.2. The molecule has 2 N–H and O–H groups in total. The zero-order valence-electron chi connectivity index (χ0n) is 16.4. The van der Waals surface area contributed by atoms with Crippen LogP contribution in [0.4, 0.5) is 5.69 Å². The van der Waals surface area contributed by atoms with E-state index >= 15 is 0 Å². The third kappa shape index (κ3) is 3.39. The number of allylic oxidation sites excluding steroid dienone is 1. The molecule has 0 aliphatic carbocycles. The van der Waals surface area contributed by atoms with Crippen LogP contribution in [0.2, 0.25) is 10.2 Å². The fraction of sp³-hybridized carbons (Fsp3) is 0.174. The molecule has 1 aromatic heterocycles. The fourth-order valence-corrected chi connectivity index (χ4v) is 4.36. The fourth-order valence-electron chi connectivity index (χ4n) is 3.96. The van der Waals surface area contributed by atoms with Crippen LogP contribution in [0.1, 0.15) is 29.0 Å². The van der Waals surface area contributed by atoms with Crippen molar-refractivity contribution in [2.45, 2.75) is 26.2 Å². The highest BCUT2D eigenvalue weighted by Gasteiger charge is 2.36. The normalized spacial score (nSPS) is 16.8. The number of halogens is 2. The summed E-state index contributed by atoms with van der Waals surface area (Å²) in [7, 11) is 0. The van der Waals surface area contributed by atoms with E-state index in [0.29, 0.717) is 16.3 Å². The number of nitrogens with two attached hydrogens (primary N) is 1. The number of hydrogen-bond donors (Lipinski definition) is 1. The lowest BCUT2D eigenvalue weighted by Crippen LogP contribution is -2.40. The molecule has 0 spiro atoms. The van der Waals surface area contributed by atoms with Crippen molar-refractivity contribution in [2.75, 3.05) is 4.90 Å². The van der Waals surface area contributed by atoms with Crippen LogP contribution >= 0.6 is 23.2 Å². The molecule has 1 unspecified atom stereocenters. The molecule has 3 aromatic rings. The van der Waals surface area contributed by atoms with Gasteiger partial charge in [0.05, 0.1) is 22.8 Å². The Labute approximate surface area is 184 Å². The second-order valence-electron chi connectivity index (χ2n) is 7.39. The van der Waals surface area contributed by atoms with Crippen molar-refractivity contribution >= 4 is 45.7 Å². The number of nitriles is 1. The largest absolute Gasteiger partial charge is 0.384 e. The Kier molecular flexibility index (Phi) is 5.15. The minimum Gasteiger partial charge on any atom is -0.384 e. The predicted octanol–water partition coefficient (Wildman–Crippen LogP) is 5.37. The van der Waals surface area contributed by atoms with Crippen LogP contribution in [0.5, 0.6) is 0 Å². The smallest absolute Gasteiger partial charge is 0.233 e. The minimum atomic E-state index is -0.559. The number of fused-ring (bicyclic) bond motifs is 1. The van der Waals surface area contributed by atoms with Crippen LogP contribution in [0.3, 0.4) is 0 Å². The van der Waals surface area contributed by atoms with Crippen molar-refractivity contribution in [3.05, 3.63) is 80.7 Å². The highest BCUT2D eigenvalue weighted by Crippen LogP contribution is 2.40. The van der Waals surface area contributed by atoms with Gasteiger partial charge in [-0.15, -0.1) is 0 Å². The van der Waals surface area contributed by atoms with Crippen molar-refractivity contribution in [3.8, 4) is 6.07 Å². The van der Waals surface area contributed by atoms with Gasteiger partial charge in [-0.2, -0.15) is 5.26 Å². The number of hydrogen-bond acceptors (Lipinski definition) is 4. The van der Waals surface area contributed by atoms with Gasteiger partial charge in [-0.05, 0) is 61.4 Å². The van der Waals surface area contributed by atoms with Gasteiger partial charge in [0.25, 0.3) is 0 Å². The summed E-state index contributed by atoms with van der Waals surface area (Å²) in [6, 6.07) is 14.9. The predicted molar refractivity (Wildman–Crippen MR) is 119 cm³/mol. The Morgan fingerprint density at radius 1 is 1.17 bits per heavy atom. The van der Waals surface area contributed by atoms with Crippen LogP contribution in [-0.2, 0) is 4.79 Å². The summed E-state index contributed by atoms with van der Waals surface area (Å²) in [4.78, 5) is 18.9. The lowest BCUT2D eigenvalue weighted by atomic mass is 9.85. The lowest BCUT2D eigenvalue weighted by Gasteiger charge is -2.32.